The first-order chi connectivity index (χ1) is 10.3. The van der Waals surface area contributed by atoms with Crippen molar-refractivity contribution in [2.24, 2.45) is 0 Å². The number of rotatable bonds is 13. The molecule has 0 unspecified atom stereocenters. The van der Waals surface area contributed by atoms with E-state index in [1.807, 2.05) is 12.1 Å². The molecular formula is C16H26O4S. The first-order valence-corrected chi connectivity index (χ1v) is 8.46. The second-order valence-electron chi connectivity index (χ2n) is 4.54. The fourth-order valence-electron chi connectivity index (χ4n) is 1.58. The number of phenolic OH excluding ortho intramolecular Hbond substituents is 1. The van der Waals surface area contributed by atoms with Crippen molar-refractivity contribution in [2.75, 3.05) is 45.4 Å². The zero-order chi connectivity index (χ0) is 15.2. The topological polar surface area (TPSA) is 47.9 Å². The number of aromatic hydroxyl groups is 1. The average Bonchev–Trinajstić information content (AvgIpc) is 2.48. The molecule has 0 fully saturated rings. The summed E-state index contributed by atoms with van der Waals surface area (Å²) in [5.41, 5.74) is 0. The largest absolute Gasteiger partial charge is 0.508 e. The fraction of sp³-hybridized carbons (Fsp3) is 0.625. The Kier molecular flexibility index (Phi) is 11.3. The fourth-order valence-corrected chi connectivity index (χ4v) is 2.40. The van der Waals surface area contributed by atoms with E-state index in [2.05, 4.69) is 6.92 Å². The maximum Gasteiger partial charge on any atom is 0.116 e. The molecule has 5 heteroatoms. The first-order valence-electron chi connectivity index (χ1n) is 7.48. The van der Waals surface area contributed by atoms with Crippen LogP contribution in [-0.4, -0.2) is 50.5 Å². The number of thioether (sulfide) groups is 1. The van der Waals surface area contributed by atoms with Crippen molar-refractivity contribution in [3.63, 3.8) is 0 Å². The van der Waals surface area contributed by atoms with E-state index < -0.39 is 0 Å². The molecule has 0 bridgehead atoms. The summed E-state index contributed by atoms with van der Waals surface area (Å²) in [6.07, 6.45) is 2.27. The molecule has 0 atom stereocenters. The van der Waals surface area contributed by atoms with E-state index in [0.717, 1.165) is 30.1 Å². The van der Waals surface area contributed by atoms with E-state index in [4.69, 9.17) is 14.2 Å². The summed E-state index contributed by atoms with van der Waals surface area (Å²) in [7, 11) is 0. The maximum atomic E-state index is 9.33. The van der Waals surface area contributed by atoms with Crippen molar-refractivity contribution >= 4 is 11.8 Å². The van der Waals surface area contributed by atoms with Gasteiger partial charge in [-0.25, -0.2) is 0 Å². The van der Waals surface area contributed by atoms with Gasteiger partial charge in [0.2, 0.25) is 0 Å². The summed E-state index contributed by atoms with van der Waals surface area (Å²) in [5.74, 6) is 1.17. The van der Waals surface area contributed by atoms with E-state index >= 15 is 0 Å². The Bertz CT molecular complexity index is 360. The summed E-state index contributed by atoms with van der Waals surface area (Å²) in [4.78, 5) is 1.05. The molecule has 0 saturated heterocycles. The SMILES string of the molecule is CCCCOCCOCCOCCSc1cccc(O)c1. The predicted molar refractivity (Wildman–Crippen MR) is 86.2 cm³/mol. The van der Waals surface area contributed by atoms with Gasteiger partial charge in [-0.1, -0.05) is 19.4 Å². The van der Waals surface area contributed by atoms with Crippen molar-refractivity contribution in [1.29, 1.82) is 0 Å². The highest BCUT2D eigenvalue weighted by atomic mass is 32.2. The highest BCUT2D eigenvalue weighted by Crippen LogP contribution is 2.21. The number of benzene rings is 1. The van der Waals surface area contributed by atoms with Gasteiger partial charge in [0.05, 0.1) is 33.0 Å². The van der Waals surface area contributed by atoms with Crippen LogP contribution in [0.4, 0.5) is 0 Å². The van der Waals surface area contributed by atoms with Crippen molar-refractivity contribution in [2.45, 2.75) is 24.7 Å². The Morgan fingerprint density at radius 3 is 2.29 bits per heavy atom. The molecule has 4 nitrogen and oxygen atoms in total. The van der Waals surface area contributed by atoms with Crippen molar-refractivity contribution in [3.8, 4) is 5.75 Å². The monoisotopic (exact) mass is 314 g/mol. The van der Waals surface area contributed by atoms with Crippen molar-refractivity contribution in [1.82, 2.24) is 0 Å². The van der Waals surface area contributed by atoms with Crippen LogP contribution in [0.25, 0.3) is 0 Å². The van der Waals surface area contributed by atoms with Gasteiger partial charge in [0.25, 0.3) is 0 Å². The van der Waals surface area contributed by atoms with Gasteiger partial charge in [0.1, 0.15) is 5.75 Å². The van der Waals surface area contributed by atoms with Crippen LogP contribution in [0, 0.1) is 0 Å². The Morgan fingerprint density at radius 1 is 0.952 bits per heavy atom. The van der Waals surface area contributed by atoms with Gasteiger partial charge in [0.15, 0.2) is 0 Å². The average molecular weight is 314 g/mol. The molecule has 1 N–H and O–H groups in total. The lowest BCUT2D eigenvalue weighted by molar-refractivity contribution is 0.0169. The van der Waals surface area contributed by atoms with Gasteiger partial charge in [-0.2, -0.15) is 0 Å². The van der Waals surface area contributed by atoms with Gasteiger partial charge in [-0.3, -0.25) is 0 Å². The molecule has 0 heterocycles. The number of phenols is 1. The summed E-state index contributed by atoms with van der Waals surface area (Å²) < 4.78 is 16.3. The Morgan fingerprint density at radius 2 is 1.62 bits per heavy atom. The Balaban J connectivity index is 1.82. The number of hydrogen-bond donors (Lipinski definition) is 1. The molecule has 0 aliphatic carbocycles. The molecule has 0 spiro atoms. The molecule has 0 saturated carbocycles. The first kappa shape index (κ1) is 18.3. The lowest BCUT2D eigenvalue weighted by Gasteiger charge is -2.06. The van der Waals surface area contributed by atoms with Crippen LogP contribution in [0.5, 0.6) is 5.75 Å². The predicted octanol–water partition coefficient (Wildman–Crippen LogP) is 3.33. The third-order valence-electron chi connectivity index (χ3n) is 2.70. The summed E-state index contributed by atoms with van der Waals surface area (Å²) in [6.45, 7) is 6.15. The number of ether oxygens (including phenoxy) is 3. The standard InChI is InChI=1S/C16H26O4S/c1-2-3-7-18-8-9-19-10-11-20-12-13-21-16-6-4-5-15(17)14-16/h4-6,14,17H,2-3,7-13H2,1H3. The minimum absolute atomic E-state index is 0.301. The van der Waals surface area contributed by atoms with Crippen LogP contribution in [0.2, 0.25) is 0 Å². The van der Waals surface area contributed by atoms with Crippen LogP contribution >= 0.6 is 11.8 Å². The van der Waals surface area contributed by atoms with Crippen LogP contribution in [0.15, 0.2) is 29.2 Å². The van der Waals surface area contributed by atoms with Crippen molar-refractivity contribution < 1.29 is 19.3 Å². The summed E-state index contributed by atoms with van der Waals surface area (Å²) in [5, 5.41) is 9.33. The summed E-state index contributed by atoms with van der Waals surface area (Å²) in [6, 6.07) is 7.25. The van der Waals surface area contributed by atoms with Crippen LogP contribution in [0.3, 0.4) is 0 Å². The van der Waals surface area contributed by atoms with E-state index in [9.17, 15) is 5.11 Å². The summed E-state index contributed by atoms with van der Waals surface area (Å²) >= 11 is 1.67. The second kappa shape index (κ2) is 13.0. The molecule has 0 aromatic heterocycles. The third kappa shape index (κ3) is 10.6. The quantitative estimate of drug-likeness (QED) is 0.447. The lowest BCUT2D eigenvalue weighted by Crippen LogP contribution is -2.10. The van der Waals surface area contributed by atoms with Gasteiger partial charge in [-0.05, 0) is 24.6 Å². The smallest absolute Gasteiger partial charge is 0.116 e. The highest BCUT2D eigenvalue weighted by Gasteiger charge is 1.96. The van der Waals surface area contributed by atoms with E-state index in [0.29, 0.717) is 38.8 Å². The molecule has 0 aliphatic rings. The third-order valence-corrected chi connectivity index (χ3v) is 3.66. The molecule has 0 radical (unpaired) electrons. The molecule has 1 aromatic rings. The number of unbranched alkanes of at least 4 members (excludes halogenated alkanes) is 1. The maximum absolute atomic E-state index is 9.33. The molecule has 1 aromatic carbocycles. The normalized spacial score (nSPS) is 10.9. The zero-order valence-corrected chi connectivity index (χ0v) is 13.6. The van der Waals surface area contributed by atoms with Crippen LogP contribution < -0.4 is 0 Å². The van der Waals surface area contributed by atoms with E-state index in [1.54, 1.807) is 23.9 Å². The number of hydrogen-bond acceptors (Lipinski definition) is 5. The molecule has 0 amide bonds. The van der Waals surface area contributed by atoms with Gasteiger partial charge in [-0.15, -0.1) is 11.8 Å². The van der Waals surface area contributed by atoms with E-state index in [1.165, 1.54) is 0 Å². The zero-order valence-electron chi connectivity index (χ0n) is 12.8. The lowest BCUT2D eigenvalue weighted by atomic mass is 10.3. The molecular weight excluding hydrogens is 288 g/mol. The van der Waals surface area contributed by atoms with Crippen LogP contribution in [-0.2, 0) is 14.2 Å². The minimum Gasteiger partial charge on any atom is -0.508 e. The van der Waals surface area contributed by atoms with Crippen molar-refractivity contribution in [3.05, 3.63) is 24.3 Å². The second-order valence-corrected chi connectivity index (χ2v) is 5.70. The Hall–Kier alpha value is -0.750. The Labute approximate surface area is 131 Å². The molecule has 21 heavy (non-hydrogen) atoms. The molecule has 0 aliphatic heterocycles. The van der Waals surface area contributed by atoms with E-state index in [-0.39, 0.29) is 0 Å². The highest BCUT2D eigenvalue weighted by molar-refractivity contribution is 7.99. The van der Waals surface area contributed by atoms with Gasteiger partial charge in [0, 0.05) is 17.3 Å². The van der Waals surface area contributed by atoms with Crippen LogP contribution in [0.1, 0.15) is 19.8 Å². The molecule has 120 valence electrons. The van der Waals surface area contributed by atoms with Gasteiger partial charge >= 0.3 is 0 Å². The molecule has 1 rings (SSSR count). The van der Waals surface area contributed by atoms with Gasteiger partial charge < -0.3 is 19.3 Å². The minimum atomic E-state index is 0.301.